The number of nitrogens with zero attached hydrogens (tertiary/aromatic N) is 2. The summed E-state index contributed by atoms with van der Waals surface area (Å²) in [7, 11) is 0. The van der Waals surface area contributed by atoms with Gasteiger partial charge in [0, 0.05) is 29.6 Å². The van der Waals surface area contributed by atoms with E-state index in [4.69, 9.17) is 4.98 Å². The number of benzene rings is 2. The summed E-state index contributed by atoms with van der Waals surface area (Å²) in [6.45, 7) is 4.70. The third-order valence-corrected chi connectivity index (χ3v) is 8.19. The second-order valence-electron chi connectivity index (χ2n) is 9.50. The summed E-state index contributed by atoms with van der Waals surface area (Å²) < 4.78 is 0.417. The number of nitrogens with one attached hydrogen (secondary N) is 1. The minimum Gasteiger partial charge on any atom is -0.507 e. The van der Waals surface area contributed by atoms with Gasteiger partial charge in [0.1, 0.15) is 5.75 Å². The molecule has 34 heavy (non-hydrogen) atoms. The number of hydrogen-bond donors (Lipinski definition) is 3. The summed E-state index contributed by atoms with van der Waals surface area (Å²) in [5.74, 6) is 0.474. The Labute approximate surface area is 208 Å². The second-order valence-corrected chi connectivity index (χ2v) is 10.3. The van der Waals surface area contributed by atoms with Crippen LogP contribution in [0.15, 0.2) is 46.9 Å². The van der Waals surface area contributed by atoms with Crippen molar-refractivity contribution in [3.63, 3.8) is 0 Å². The Balaban J connectivity index is 1.59. The van der Waals surface area contributed by atoms with Gasteiger partial charge in [-0.2, -0.15) is 0 Å². The van der Waals surface area contributed by atoms with Crippen molar-refractivity contribution < 1.29 is 15.0 Å². The molecule has 3 aromatic rings. The van der Waals surface area contributed by atoms with E-state index in [-0.39, 0.29) is 11.3 Å². The van der Waals surface area contributed by atoms with Crippen LogP contribution < -0.4 is 5.32 Å². The number of phenolic OH excluding ortho intramolecular Hbond substituents is 1. The van der Waals surface area contributed by atoms with Crippen LogP contribution >= 0.6 is 15.9 Å². The number of pyridine rings is 1. The lowest BCUT2D eigenvalue weighted by molar-refractivity contribution is 0.0694. The van der Waals surface area contributed by atoms with Gasteiger partial charge in [0.25, 0.3) is 0 Å². The van der Waals surface area contributed by atoms with E-state index >= 15 is 0 Å². The Kier molecular flexibility index (Phi) is 6.86. The topological polar surface area (TPSA) is 85.7 Å². The van der Waals surface area contributed by atoms with Crippen LogP contribution in [0.5, 0.6) is 5.75 Å². The number of aromatic hydroxyl groups is 1. The number of hydrogen-bond acceptors (Lipinski definition) is 5. The van der Waals surface area contributed by atoms with Gasteiger partial charge in [0.05, 0.1) is 21.2 Å². The van der Waals surface area contributed by atoms with Gasteiger partial charge in [-0.15, -0.1) is 0 Å². The molecule has 6 nitrogen and oxygen atoms in total. The first-order valence-corrected chi connectivity index (χ1v) is 12.9. The molecule has 0 bridgehead atoms. The Hall–Kier alpha value is -2.48. The minimum absolute atomic E-state index is 0.0453. The summed E-state index contributed by atoms with van der Waals surface area (Å²) in [6, 6.07) is 13.0. The molecule has 0 saturated carbocycles. The standard InChI is InChI=1S/C27H30BrN3O3/c28-24-22(32)9-8-20-23(27(33)34)21(25(30-26(20)24)18-5-2-1-3-6-18)16-31-14-4-7-19(15-31)17-10-12-29-13-11-17/h1-3,5-6,8-9,17,19,29,32H,4,7,10-16H2,(H,33,34). The van der Waals surface area contributed by atoms with Crippen molar-refractivity contribution in [3.05, 3.63) is 58.1 Å². The lowest BCUT2D eigenvalue weighted by Gasteiger charge is -2.39. The number of carbonyl (C=O) groups is 1. The highest BCUT2D eigenvalue weighted by Crippen LogP contribution is 2.38. The quantitative estimate of drug-likeness (QED) is 0.421. The Bertz CT molecular complexity index is 1190. The first kappa shape index (κ1) is 23.3. The van der Waals surface area contributed by atoms with Crippen LogP contribution in [0.25, 0.3) is 22.2 Å². The second kappa shape index (κ2) is 10.0. The van der Waals surface area contributed by atoms with Crippen LogP contribution in [0.4, 0.5) is 0 Å². The maximum Gasteiger partial charge on any atom is 0.336 e. The number of likely N-dealkylation sites (tertiary alicyclic amines) is 1. The summed E-state index contributed by atoms with van der Waals surface area (Å²) in [6.07, 6.45) is 4.84. The third kappa shape index (κ3) is 4.57. The number of carboxylic acid groups (broad SMARTS) is 1. The smallest absolute Gasteiger partial charge is 0.336 e. The van der Waals surface area contributed by atoms with E-state index in [2.05, 4.69) is 26.1 Å². The molecule has 3 N–H and O–H groups in total. The molecule has 0 spiro atoms. The van der Waals surface area contributed by atoms with Crippen LogP contribution in [0.1, 0.15) is 41.6 Å². The monoisotopic (exact) mass is 523 g/mol. The fourth-order valence-electron chi connectivity index (χ4n) is 5.72. The molecule has 1 unspecified atom stereocenters. The number of halogens is 1. The fourth-order valence-corrected chi connectivity index (χ4v) is 6.15. The summed E-state index contributed by atoms with van der Waals surface area (Å²) in [5.41, 5.74) is 3.03. The lowest BCUT2D eigenvalue weighted by atomic mass is 9.80. The average Bonchev–Trinajstić information content (AvgIpc) is 2.87. The van der Waals surface area contributed by atoms with Crippen molar-refractivity contribution >= 4 is 32.8 Å². The molecule has 7 heteroatoms. The van der Waals surface area contributed by atoms with Crippen molar-refractivity contribution in [2.75, 3.05) is 26.2 Å². The van der Waals surface area contributed by atoms with E-state index in [1.807, 2.05) is 30.3 Å². The molecule has 2 fully saturated rings. The van der Waals surface area contributed by atoms with Crippen LogP contribution in [0.2, 0.25) is 0 Å². The average molecular weight is 524 g/mol. The number of fused-ring (bicyclic) bond motifs is 1. The first-order chi connectivity index (χ1) is 16.5. The highest BCUT2D eigenvalue weighted by Gasteiger charge is 2.30. The normalized spacial score (nSPS) is 20.0. The van der Waals surface area contributed by atoms with Gasteiger partial charge in [-0.05, 0) is 85.2 Å². The molecule has 0 amide bonds. The number of rotatable bonds is 5. The molecule has 0 aliphatic carbocycles. The number of piperidine rings is 2. The molecule has 1 atom stereocenters. The highest BCUT2D eigenvalue weighted by atomic mass is 79.9. The van der Waals surface area contributed by atoms with Gasteiger partial charge >= 0.3 is 5.97 Å². The van der Waals surface area contributed by atoms with Gasteiger partial charge in [-0.3, -0.25) is 4.90 Å². The maximum atomic E-state index is 12.6. The number of carboxylic acids is 1. The predicted molar refractivity (Wildman–Crippen MR) is 137 cm³/mol. The zero-order valence-electron chi connectivity index (χ0n) is 19.1. The van der Waals surface area contributed by atoms with Gasteiger partial charge in [0.2, 0.25) is 0 Å². The molecule has 2 aromatic carbocycles. The lowest BCUT2D eigenvalue weighted by Crippen LogP contribution is -2.41. The molecular weight excluding hydrogens is 494 g/mol. The molecule has 2 aliphatic rings. The van der Waals surface area contributed by atoms with Crippen molar-refractivity contribution in [1.82, 2.24) is 15.2 Å². The summed E-state index contributed by atoms with van der Waals surface area (Å²) in [4.78, 5) is 20.0. The van der Waals surface area contributed by atoms with Gasteiger partial charge in [-0.25, -0.2) is 9.78 Å². The molecule has 1 aromatic heterocycles. The molecular formula is C27H30BrN3O3. The highest BCUT2D eigenvalue weighted by molar-refractivity contribution is 9.10. The maximum absolute atomic E-state index is 12.6. The fraction of sp³-hybridized carbons (Fsp3) is 0.407. The summed E-state index contributed by atoms with van der Waals surface area (Å²) >= 11 is 3.42. The first-order valence-electron chi connectivity index (χ1n) is 12.1. The van der Waals surface area contributed by atoms with E-state index in [9.17, 15) is 15.0 Å². The van der Waals surface area contributed by atoms with Gasteiger partial charge in [0.15, 0.2) is 0 Å². The Morgan fingerprint density at radius 2 is 1.85 bits per heavy atom. The minimum atomic E-state index is -0.968. The zero-order valence-corrected chi connectivity index (χ0v) is 20.7. The molecule has 3 heterocycles. The number of phenols is 1. The van der Waals surface area contributed by atoms with Crippen LogP contribution in [0.3, 0.4) is 0 Å². The Morgan fingerprint density at radius 3 is 2.59 bits per heavy atom. The van der Waals surface area contributed by atoms with Crippen molar-refractivity contribution in [2.24, 2.45) is 11.8 Å². The van der Waals surface area contributed by atoms with E-state index < -0.39 is 5.97 Å². The summed E-state index contributed by atoms with van der Waals surface area (Å²) in [5, 5.41) is 24.6. The van der Waals surface area contributed by atoms with E-state index in [1.165, 1.54) is 25.3 Å². The molecule has 178 valence electrons. The largest absolute Gasteiger partial charge is 0.507 e. The van der Waals surface area contributed by atoms with E-state index in [0.717, 1.165) is 49.6 Å². The Morgan fingerprint density at radius 1 is 1.09 bits per heavy atom. The van der Waals surface area contributed by atoms with Crippen molar-refractivity contribution in [3.8, 4) is 17.0 Å². The van der Waals surface area contributed by atoms with Gasteiger partial charge < -0.3 is 15.5 Å². The number of aromatic nitrogens is 1. The SMILES string of the molecule is O=C(O)c1c(CN2CCCC(C3CCNCC3)C2)c(-c2ccccc2)nc2c(Br)c(O)ccc12. The molecule has 0 radical (unpaired) electrons. The van der Waals surface area contributed by atoms with Crippen molar-refractivity contribution in [2.45, 2.75) is 32.2 Å². The van der Waals surface area contributed by atoms with Crippen LogP contribution in [-0.4, -0.2) is 52.2 Å². The van der Waals surface area contributed by atoms with Crippen LogP contribution in [-0.2, 0) is 6.54 Å². The molecule has 2 saturated heterocycles. The van der Waals surface area contributed by atoms with Gasteiger partial charge in [-0.1, -0.05) is 30.3 Å². The van der Waals surface area contributed by atoms with E-state index in [0.29, 0.717) is 33.5 Å². The van der Waals surface area contributed by atoms with Crippen LogP contribution in [0, 0.1) is 11.8 Å². The third-order valence-electron chi connectivity index (χ3n) is 7.41. The predicted octanol–water partition coefficient (Wildman–Crippen LogP) is 5.28. The van der Waals surface area contributed by atoms with Crippen molar-refractivity contribution in [1.29, 1.82) is 0 Å². The molecule has 5 rings (SSSR count). The molecule has 2 aliphatic heterocycles. The zero-order chi connectivity index (χ0) is 23.7. The number of aromatic carboxylic acids is 1. The van der Waals surface area contributed by atoms with E-state index in [1.54, 1.807) is 6.07 Å².